The van der Waals surface area contributed by atoms with Gasteiger partial charge in [-0.3, -0.25) is 4.79 Å². The van der Waals surface area contributed by atoms with Crippen LogP contribution >= 0.6 is 17.0 Å². The number of nitrogens with one attached hydrogen (secondary N) is 1. The fraction of sp³-hybridized carbons (Fsp3) is 0.296. The number of benzene rings is 3. The number of likely N-dealkylation sites (N-methyl/N-ethyl adjacent to an activating group) is 1. The Balaban J connectivity index is 0.00000341. The van der Waals surface area contributed by atoms with Gasteiger partial charge in [-0.25, -0.2) is 0 Å². The van der Waals surface area contributed by atoms with E-state index >= 15 is 0 Å². The Kier molecular flexibility index (Phi) is 10.1. The highest BCUT2D eigenvalue weighted by atomic mass is 79.9. The molecule has 31 heavy (non-hydrogen) atoms. The number of hydrogen-bond acceptors (Lipinski definition) is 3. The Morgan fingerprint density at radius 1 is 0.806 bits per heavy atom. The molecule has 3 rings (SSSR count). The van der Waals surface area contributed by atoms with E-state index in [0.29, 0.717) is 6.54 Å². The third-order valence-electron chi connectivity index (χ3n) is 5.92. The molecule has 3 aromatic carbocycles. The van der Waals surface area contributed by atoms with E-state index in [4.69, 9.17) is 0 Å². The van der Waals surface area contributed by atoms with E-state index in [1.807, 2.05) is 66.7 Å². The van der Waals surface area contributed by atoms with E-state index in [2.05, 4.69) is 55.4 Å². The molecule has 0 heterocycles. The number of nitrogens with zero attached hydrogens (tertiary/aromatic N) is 1. The summed E-state index contributed by atoms with van der Waals surface area (Å²) < 4.78 is 0. The summed E-state index contributed by atoms with van der Waals surface area (Å²) in [5, 5.41) is 3.58. The highest BCUT2D eigenvalue weighted by Gasteiger charge is 2.26. The Morgan fingerprint density at radius 3 is 1.65 bits per heavy atom. The lowest BCUT2D eigenvalue weighted by atomic mass is 9.87. The zero-order valence-corrected chi connectivity index (χ0v) is 20.3. The second kappa shape index (κ2) is 12.6. The first-order valence-electron chi connectivity index (χ1n) is 10.7. The Labute approximate surface area is 197 Å². The minimum absolute atomic E-state index is 0. The van der Waals surface area contributed by atoms with Crippen LogP contribution in [0.4, 0.5) is 0 Å². The molecular weight excluding hydrogens is 448 g/mol. The lowest BCUT2D eigenvalue weighted by Gasteiger charge is -2.32. The number of Topliss-reactive ketones (excluding diaryl/α,β-unsaturated/α-hetero) is 1. The first-order chi connectivity index (χ1) is 14.6. The van der Waals surface area contributed by atoms with Crippen molar-refractivity contribution >= 4 is 22.8 Å². The molecule has 0 aromatic heterocycles. The average molecular weight is 481 g/mol. The molecule has 3 aromatic rings. The second-order valence-electron chi connectivity index (χ2n) is 7.80. The third kappa shape index (κ3) is 6.60. The number of halogens is 1. The van der Waals surface area contributed by atoms with Gasteiger partial charge in [-0.1, -0.05) is 97.9 Å². The maximum atomic E-state index is 13.5. The van der Waals surface area contributed by atoms with Crippen molar-refractivity contribution in [3.8, 4) is 0 Å². The van der Waals surface area contributed by atoms with Gasteiger partial charge >= 0.3 is 0 Å². The lowest BCUT2D eigenvalue weighted by molar-refractivity contribution is -0.119. The monoisotopic (exact) mass is 480 g/mol. The Morgan fingerprint density at radius 2 is 1.23 bits per heavy atom. The molecule has 164 valence electrons. The molecule has 3 nitrogen and oxygen atoms in total. The number of ketones is 1. The summed E-state index contributed by atoms with van der Waals surface area (Å²) in [6.45, 7) is 5.64. The summed E-state index contributed by atoms with van der Waals surface area (Å²) in [5.41, 5.74) is 3.27. The highest BCUT2D eigenvalue weighted by Crippen LogP contribution is 2.26. The van der Waals surface area contributed by atoms with Crippen molar-refractivity contribution in [3.05, 3.63) is 108 Å². The molecule has 0 aliphatic carbocycles. The van der Waals surface area contributed by atoms with Crippen LogP contribution in [0.3, 0.4) is 0 Å². The average Bonchev–Trinajstić information content (AvgIpc) is 2.81. The number of rotatable bonds is 10. The predicted molar refractivity (Wildman–Crippen MR) is 135 cm³/mol. The highest BCUT2D eigenvalue weighted by molar-refractivity contribution is 8.93. The summed E-state index contributed by atoms with van der Waals surface area (Å²) in [5.74, 6) is -0.0878. The molecule has 0 amide bonds. The van der Waals surface area contributed by atoms with E-state index in [1.54, 1.807) is 0 Å². The van der Waals surface area contributed by atoms with Crippen LogP contribution in [0.1, 0.15) is 42.5 Å². The van der Waals surface area contributed by atoms with Crippen LogP contribution in [0.25, 0.3) is 0 Å². The van der Waals surface area contributed by atoms with Crippen molar-refractivity contribution in [1.29, 1.82) is 0 Å². The maximum Gasteiger partial charge on any atom is 0.158 e. The molecule has 0 saturated heterocycles. The molecule has 0 fully saturated rings. The topological polar surface area (TPSA) is 32.3 Å². The van der Waals surface area contributed by atoms with E-state index in [1.165, 1.54) is 5.56 Å². The van der Waals surface area contributed by atoms with Crippen molar-refractivity contribution in [2.24, 2.45) is 0 Å². The predicted octanol–water partition coefficient (Wildman–Crippen LogP) is 5.64. The quantitative estimate of drug-likeness (QED) is 0.407. The number of carbonyl (C=O) groups excluding carboxylic acids is 1. The zero-order valence-electron chi connectivity index (χ0n) is 18.6. The van der Waals surface area contributed by atoms with Gasteiger partial charge in [-0.05, 0) is 37.2 Å². The number of hydrogen-bond donors (Lipinski definition) is 1. The van der Waals surface area contributed by atoms with Crippen molar-refractivity contribution < 1.29 is 4.79 Å². The van der Waals surface area contributed by atoms with Crippen LogP contribution in [-0.2, 0) is 4.79 Å². The van der Waals surface area contributed by atoms with Gasteiger partial charge in [0.2, 0.25) is 0 Å². The molecule has 0 bridgehead atoms. The van der Waals surface area contributed by atoms with Crippen molar-refractivity contribution in [1.82, 2.24) is 10.2 Å². The summed E-state index contributed by atoms with van der Waals surface area (Å²) >= 11 is 0. The largest absolute Gasteiger partial charge is 0.302 e. The second-order valence-corrected chi connectivity index (χ2v) is 7.80. The number of carbonyl (C=O) groups is 1. The van der Waals surface area contributed by atoms with Gasteiger partial charge < -0.3 is 10.2 Å². The first-order valence-corrected chi connectivity index (χ1v) is 10.7. The molecule has 1 N–H and O–H groups in total. The summed E-state index contributed by atoms with van der Waals surface area (Å²) in [4.78, 5) is 15.8. The summed E-state index contributed by atoms with van der Waals surface area (Å²) in [6, 6.07) is 30.9. The van der Waals surface area contributed by atoms with Gasteiger partial charge in [0.25, 0.3) is 0 Å². The molecule has 0 aliphatic rings. The van der Waals surface area contributed by atoms with E-state index in [-0.39, 0.29) is 40.8 Å². The minimum Gasteiger partial charge on any atom is -0.302 e. The normalized spacial score (nSPS) is 12.9. The maximum absolute atomic E-state index is 13.5. The molecule has 0 radical (unpaired) electrons. The van der Waals surface area contributed by atoms with Crippen LogP contribution in [0.15, 0.2) is 91.0 Å². The van der Waals surface area contributed by atoms with Crippen molar-refractivity contribution in [3.63, 3.8) is 0 Å². The van der Waals surface area contributed by atoms with Gasteiger partial charge in [-0.15, -0.1) is 17.0 Å². The SMILES string of the molecule is Br.CCN(C)C(C)C(NCC(=O)C(c1ccccc1)c1ccccc1)c1ccccc1. The summed E-state index contributed by atoms with van der Waals surface area (Å²) in [6.07, 6.45) is 0. The molecular formula is C27H33BrN2O. The molecule has 4 heteroatoms. The van der Waals surface area contributed by atoms with Gasteiger partial charge in [0, 0.05) is 12.1 Å². The van der Waals surface area contributed by atoms with Crippen LogP contribution in [0, 0.1) is 0 Å². The van der Waals surface area contributed by atoms with E-state index in [0.717, 1.165) is 17.7 Å². The third-order valence-corrected chi connectivity index (χ3v) is 5.92. The van der Waals surface area contributed by atoms with Crippen molar-refractivity contribution in [2.45, 2.75) is 31.8 Å². The van der Waals surface area contributed by atoms with Crippen molar-refractivity contribution in [2.75, 3.05) is 20.1 Å². The zero-order chi connectivity index (χ0) is 21.3. The van der Waals surface area contributed by atoms with Gasteiger partial charge in [-0.2, -0.15) is 0 Å². The van der Waals surface area contributed by atoms with Gasteiger partial charge in [0.15, 0.2) is 5.78 Å². The van der Waals surface area contributed by atoms with Crippen LogP contribution in [-0.4, -0.2) is 36.9 Å². The Hall–Kier alpha value is -2.27. The standard InChI is InChI=1S/C27H32N2O.BrH/c1-4-29(3)21(2)27(24-18-12-7-13-19-24)28-20-25(30)26(22-14-8-5-9-15-22)23-16-10-6-11-17-23;/h5-19,21,26-28H,4,20H2,1-3H3;1H. The molecule has 2 atom stereocenters. The molecule has 0 spiro atoms. The lowest BCUT2D eigenvalue weighted by Crippen LogP contribution is -2.43. The van der Waals surface area contributed by atoms with Gasteiger partial charge in [0.1, 0.15) is 0 Å². The van der Waals surface area contributed by atoms with E-state index in [9.17, 15) is 4.79 Å². The molecule has 0 aliphatic heterocycles. The van der Waals surface area contributed by atoms with Crippen LogP contribution < -0.4 is 5.32 Å². The smallest absolute Gasteiger partial charge is 0.158 e. The van der Waals surface area contributed by atoms with Gasteiger partial charge in [0.05, 0.1) is 12.5 Å². The fourth-order valence-electron chi connectivity index (χ4n) is 3.94. The molecule has 2 unspecified atom stereocenters. The minimum atomic E-state index is -0.268. The van der Waals surface area contributed by atoms with E-state index < -0.39 is 0 Å². The van der Waals surface area contributed by atoms with Crippen LogP contribution in [0.5, 0.6) is 0 Å². The molecule has 0 saturated carbocycles. The fourth-order valence-corrected chi connectivity index (χ4v) is 3.94. The summed E-state index contributed by atoms with van der Waals surface area (Å²) in [7, 11) is 2.13. The Bertz CT molecular complexity index is 863. The first kappa shape index (κ1) is 25.0. The van der Waals surface area contributed by atoms with Crippen LogP contribution in [0.2, 0.25) is 0 Å².